The van der Waals surface area contributed by atoms with Crippen molar-refractivity contribution in [3.63, 3.8) is 0 Å². The summed E-state index contributed by atoms with van der Waals surface area (Å²) < 4.78 is 19.2. The van der Waals surface area contributed by atoms with Gasteiger partial charge in [0, 0.05) is 30.6 Å². The van der Waals surface area contributed by atoms with Gasteiger partial charge in [-0.15, -0.1) is 0 Å². The van der Waals surface area contributed by atoms with Gasteiger partial charge in [0.25, 0.3) is 5.76 Å². The van der Waals surface area contributed by atoms with E-state index < -0.39 is 40.0 Å². The molecule has 0 fully saturated rings. The molecule has 3 rings (SSSR count). The van der Waals surface area contributed by atoms with Gasteiger partial charge in [-0.2, -0.15) is 0 Å². The molecule has 0 aromatic carbocycles. The second-order valence-electron chi connectivity index (χ2n) is 6.28. The molecule has 3 heterocycles. The van der Waals surface area contributed by atoms with Crippen molar-refractivity contribution in [2.45, 2.75) is 22.3 Å². The van der Waals surface area contributed by atoms with E-state index in [0.29, 0.717) is 0 Å². The molecule has 0 spiro atoms. The second kappa shape index (κ2) is 17.8. The molecule has 0 saturated heterocycles. The number of aromatic nitrogens is 2. The first-order valence-electron chi connectivity index (χ1n) is 9.57. The highest BCUT2D eigenvalue weighted by Gasteiger charge is 2.17. The van der Waals surface area contributed by atoms with Gasteiger partial charge in [-0.05, 0) is 0 Å². The standard InChI is InChI=1S/C7H8N2O4.C7H7NO4.C7H6O5.3CH4/c1-13-6-4(10)2-3-9(8)5(6)7(11)12;1-12-6-4(9)2-3-8-5(6)7(10)11;1-11-5-4(8)2-3-12-6(5)7(9)10;;;/h2-3H,8H2,1H3,(H,11,12);2-3H,1H3,(H,8,9)(H,10,11);2-3H,1H3,(H,9,10);3*1H4. The third-order valence-electron chi connectivity index (χ3n) is 4.06. The third kappa shape index (κ3) is 9.73. The van der Waals surface area contributed by atoms with Gasteiger partial charge in [0.05, 0.1) is 27.6 Å². The van der Waals surface area contributed by atoms with Gasteiger partial charge in [0.15, 0.2) is 22.9 Å². The zero-order valence-corrected chi connectivity index (χ0v) is 19.4. The number of H-pyrrole nitrogens is 1. The summed E-state index contributed by atoms with van der Waals surface area (Å²) in [5.74, 6) is 0.218. The Hall–Kier alpha value is -5.54. The van der Waals surface area contributed by atoms with Crippen molar-refractivity contribution in [3.8, 4) is 17.2 Å². The van der Waals surface area contributed by atoms with Crippen LogP contribution in [0.1, 0.15) is 53.8 Å². The first-order valence-corrected chi connectivity index (χ1v) is 9.57. The summed E-state index contributed by atoms with van der Waals surface area (Å²) in [5, 5.41) is 25.8. The van der Waals surface area contributed by atoms with Crippen molar-refractivity contribution in [2.24, 2.45) is 0 Å². The Bertz CT molecular complexity index is 1380. The minimum atomic E-state index is -1.33. The Morgan fingerprint density at radius 2 is 1.27 bits per heavy atom. The van der Waals surface area contributed by atoms with E-state index in [1.54, 1.807) is 0 Å². The number of nitrogens with one attached hydrogen (secondary N) is 1. The van der Waals surface area contributed by atoms with Crippen molar-refractivity contribution >= 4 is 17.9 Å². The molecule has 6 N–H and O–H groups in total. The highest BCUT2D eigenvalue weighted by molar-refractivity contribution is 5.89. The molecule has 0 aliphatic carbocycles. The summed E-state index contributed by atoms with van der Waals surface area (Å²) in [7, 11) is 3.67. The third-order valence-corrected chi connectivity index (χ3v) is 4.06. The summed E-state index contributed by atoms with van der Waals surface area (Å²) in [4.78, 5) is 66.9. The van der Waals surface area contributed by atoms with E-state index in [-0.39, 0.29) is 50.9 Å². The van der Waals surface area contributed by atoms with Crippen LogP contribution in [0.2, 0.25) is 0 Å². The fourth-order valence-corrected chi connectivity index (χ4v) is 2.51. The summed E-state index contributed by atoms with van der Waals surface area (Å²) >= 11 is 0. The van der Waals surface area contributed by atoms with E-state index in [1.165, 1.54) is 33.6 Å². The maximum atomic E-state index is 11.1. The zero-order chi connectivity index (χ0) is 28.3. The summed E-state index contributed by atoms with van der Waals surface area (Å²) in [6.07, 6.45) is 3.43. The molecule has 16 heteroatoms. The Morgan fingerprint density at radius 1 is 0.775 bits per heavy atom. The van der Waals surface area contributed by atoms with Gasteiger partial charge < -0.3 is 44.8 Å². The van der Waals surface area contributed by atoms with Gasteiger partial charge in [0.1, 0.15) is 0 Å². The molecule has 0 radical (unpaired) electrons. The lowest BCUT2D eigenvalue weighted by molar-refractivity contribution is 0.0648. The highest BCUT2D eigenvalue weighted by atomic mass is 16.5. The van der Waals surface area contributed by atoms with E-state index in [1.807, 2.05) is 0 Å². The lowest BCUT2D eigenvalue weighted by Gasteiger charge is -2.07. The lowest BCUT2D eigenvalue weighted by atomic mass is 10.3. The fraction of sp³-hybridized carbons (Fsp3) is 0.250. The number of rotatable bonds is 6. The van der Waals surface area contributed by atoms with Crippen LogP contribution in [-0.2, 0) is 0 Å². The van der Waals surface area contributed by atoms with Crippen LogP contribution in [-0.4, -0.2) is 64.2 Å². The van der Waals surface area contributed by atoms with Crippen molar-refractivity contribution in [1.82, 2.24) is 9.66 Å². The molecular weight excluding hydrogens is 538 g/mol. The molecule has 0 unspecified atom stereocenters. The van der Waals surface area contributed by atoms with Crippen LogP contribution < -0.4 is 36.3 Å². The number of nitrogens with zero attached hydrogens (tertiary/aromatic N) is 1. The monoisotopic (exact) mass is 571 g/mol. The van der Waals surface area contributed by atoms with Crippen LogP contribution in [0.15, 0.2) is 55.7 Å². The minimum absolute atomic E-state index is 0. The molecule has 0 atom stereocenters. The van der Waals surface area contributed by atoms with Crippen molar-refractivity contribution in [2.75, 3.05) is 27.2 Å². The molecule has 222 valence electrons. The quantitative estimate of drug-likeness (QED) is 0.264. The van der Waals surface area contributed by atoms with Crippen LogP contribution in [0.3, 0.4) is 0 Å². The number of carbonyl (C=O) groups is 3. The summed E-state index contributed by atoms with van der Waals surface area (Å²) in [6.45, 7) is 0. The highest BCUT2D eigenvalue weighted by Crippen LogP contribution is 2.11. The smallest absolute Gasteiger partial charge is 0.375 e. The Morgan fingerprint density at radius 3 is 1.65 bits per heavy atom. The van der Waals surface area contributed by atoms with Gasteiger partial charge in [-0.25, -0.2) is 14.4 Å². The van der Waals surface area contributed by atoms with Crippen LogP contribution in [0.4, 0.5) is 0 Å². The Labute approximate surface area is 227 Å². The minimum Gasteiger partial charge on any atom is -0.491 e. The molecule has 3 aromatic heterocycles. The van der Waals surface area contributed by atoms with Gasteiger partial charge >= 0.3 is 17.9 Å². The molecule has 0 saturated carbocycles. The summed E-state index contributed by atoms with van der Waals surface area (Å²) in [6, 6.07) is 3.42. The SMILES string of the molecule is C.C.C.COc1c(C(=O)O)[nH]ccc1=O.COc1c(C(=O)O)n(N)ccc1=O.COc1c(C(=O)O)occc1=O. The van der Waals surface area contributed by atoms with Crippen LogP contribution in [0.5, 0.6) is 17.2 Å². The van der Waals surface area contributed by atoms with Crippen LogP contribution in [0, 0.1) is 0 Å². The summed E-state index contributed by atoms with van der Waals surface area (Å²) in [5.41, 5.74) is -2.07. The van der Waals surface area contributed by atoms with E-state index >= 15 is 0 Å². The topological polar surface area (TPSA) is 251 Å². The predicted molar refractivity (Wildman–Crippen MR) is 144 cm³/mol. The zero-order valence-electron chi connectivity index (χ0n) is 19.4. The second-order valence-corrected chi connectivity index (χ2v) is 6.28. The number of hydrogen-bond donors (Lipinski definition) is 5. The normalized spacial score (nSPS) is 8.78. The first kappa shape index (κ1) is 39.0. The van der Waals surface area contributed by atoms with Crippen molar-refractivity contribution < 1.29 is 48.3 Å². The number of carboxylic acids is 3. The van der Waals surface area contributed by atoms with Gasteiger partial charge in [-0.1, -0.05) is 22.3 Å². The van der Waals surface area contributed by atoms with Gasteiger partial charge in [-0.3, -0.25) is 19.1 Å². The average Bonchev–Trinajstić information content (AvgIpc) is 2.85. The van der Waals surface area contributed by atoms with Gasteiger partial charge in [0.2, 0.25) is 22.0 Å². The number of nitrogen functional groups attached to an aromatic ring is 1. The number of hydrogen-bond acceptors (Lipinski definition) is 11. The van der Waals surface area contributed by atoms with Crippen molar-refractivity contribution in [1.29, 1.82) is 0 Å². The number of pyridine rings is 2. The largest absolute Gasteiger partial charge is 0.491 e. The van der Waals surface area contributed by atoms with Crippen LogP contribution >= 0.6 is 0 Å². The van der Waals surface area contributed by atoms with E-state index in [4.69, 9.17) is 21.2 Å². The number of nitrogens with two attached hydrogens (primary N) is 1. The first-order chi connectivity index (χ1) is 17.4. The molecule has 3 aromatic rings. The van der Waals surface area contributed by atoms with Crippen LogP contribution in [0.25, 0.3) is 0 Å². The number of ether oxygens (including phenoxy) is 3. The predicted octanol–water partition coefficient (Wildman–Crippen LogP) is 1.61. The Kier molecular flexibility index (Phi) is 17.4. The number of aromatic carboxylic acids is 3. The number of aromatic amines is 1. The Balaban J connectivity index is -0.000000495. The molecule has 40 heavy (non-hydrogen) atoms. The fourth-order valence-electron chi connectivity index (χ4n) is 2.51. The molecule has 0 amide bonds. The molecular formula is C24H33N3O13. The number of methoxy groups -OCH3 is 3. The molecule has 0 aliphatic heterocycles. The molecule has 0 bridgehead atoms. The molecule has 16 nitrogen and oxygen atoms in total. The number of carboxylic acid groups (broad SMARTS) is 3. The van der Waals surface area contributed by atoms with E-state index in [0.717, 1.165) is 29.3 Å². The average molecular weight is 572 g/mol. The maximum Gasteiger partial charge on any atom is 0.375 e. The van der Waals surface area contributed by atoms with E-state index in [9.17, 15) is 28.8 Å². The maximum absolute atomic E-state index is 11.1. The van der Waals surface area contributed by atoms with E-state index in [2.05, 4.69) is 23.6 Å². The van der Waals surface area contributed by atoms with Crippen molar-refractivity contribution in [3.05, 3.63) is 84.7 Å². The molecule has 0 aliphatic rings. The lowest BCUT2D eigenvalue weighted by Crippen LogP contribution is -2.23.